The average molecular weight is 372 g/mol. The first-order valence-corrected chi connectivity index (χ1v) is 8.08. The molecular weight excluding hydrogens is 351 g/mol. The van der Waals surface area contributed by atoms with Crippen LogP contribution in [0.1, 0.15) is 15.9 Å². The van der Waals surface area contributed by atoms with Crippen molar-refractivity contribution in [2.45, 2.75) is 0 Å². The zero-order chi connectivity index (χ0) is 20.0. The number of anilines is 1. The van der Waals surface area contributed by atoms with Crippen LogP contribution in [0.4, 0.5) is 10.1 Å². The molecule has 0 aliphatic rings. The first-order chi connectivity index (χ1) is 12.9. The average Bonchev–Trinajstić information content (AvgIpc) is 2.66. The Bertz CT molecular complexity index is 878. The molecule has 2 amide bonds. The van der Waals surface area contributed by atoms with Crippen molar-refractivity contribution in [3.05, 3.63) is 59.4 Å². The Hall–Kier alpha value is -3.35. The van der Waals surface area contributed by atoms with Gasteiger partial charge >= 0.3 is 0 Å². The Kier molecular flexibility index (Phi) is 6.54. The van der Waals surface area contributed by atoms with E-state index in [-0.39, 0.29) is 22.7 Å². The van der Waals surface area contributed by atoms with Crippen LogP contribution in [-0.2, 0) is 4.79 Å². The molecule has 142 valence electrons. The number of carbonyl (C=O) groups excluding carboxylic acids is 2. The molecule has 2 aromatic carbocycles. The van der Waals surface area contributed by atoms with E-state index >= 15 is 0 Å². The Morgan fingerprint density at radius 1 is 1.07 bits per heavy atom. The van der Waals surface area contributed by atoms with E-state index in [0.29, 0.717) is 11.5 Å². The van der Waals surface area contributed by atoms with Crippen LogP contribution in [0.25, 0.3) is 6.08 Å². The van der Waals surface area contributed by atoms with Crippen molar-refractivity contribution in [3.8, 4) is 11.5 Å². The summed E-state index contributed by atoms with van der Waals surface area (Å²) in [6, 6.07) is 9.09. The molecule has 7 heteroatoms. The van der Waals surface area contributed by atoms with Crippen LogP contribution in [-0.4, -0.2) is 45.0 Å². The molecule has 0 heterocycles. The van der Waals surface area contributed by atoms with Gasteiger partial charge in [-0.15, -0.1) is 0 Å². The zero-order valence-electron chi connectivity index (χ0n) is 15.6. The summed E-state index contributed by atoms with van der Waals surface area (Å²) in [5.41, 5.74) is 0.782. The number of hydrogen-bond acceptors (Lipinski definition) is 4. The van der Waals surface area contributed by atoms with Crippen molar-refractivity contribution < 1.29 is 23.5 Å². The van der Waals surface area contributed by atoms with Gasteiger partial charge in [-0.1, -0.05) is 18.2 Å². The normalized spacial score (nSPS) is 10.6. The molecule has 1 N–H and O–H groups in total. The fourth-order valence-corrected chi connectivity index (χ4v) is 2.35. The SMILES string of the molecule is COc1cc(NC(=O)C=Cc2ccccc2F)c(C(=O)N(C)C)cc1OC. The number of rotatable bonds is 6. The van der Waals surface area contributed by atoms with Crippen molar-refractivity contribution in [1.29, 1.82) is 0 Å². The Morgan fingerprint density at radius 2 is 1.70 bits per heavy atom. The lowest BCUT2D eigenvalue weighted by Crippen LogP contribution is -2.24. The predicted octanol–water partition coefficient (Wildman–Crippen LogP) is 3.20. The van der Waals surface area contributed by atoms with Gasteiger partial charge in [-0.3, -0.25) is 9.59 Å². The summed E-state index contributed by atoms with van der Waals surface area (Å²) in [6.07, 6.45) is 2.55. The van der Waals surface area contributed by atoms with Crippen molar-refractivity contribution in [2.24, 2.45) is 0 Å². The molecule has 2 aromatic rings. The molecule has 0 saturated heterocycles. The molecule has 2 rings (SSSR count). The maximum Gasteiger partial charge on any atom is 0.255 e. The largest absolute Gasteiger partial charge is 0.493 e. The maximum atomic E-state index is 13.6. The molecule has 0 aliphatic carbocycles. The van der Waals surface area contributed by atoms with E-state index in [0.717, 1.165) is 0 Å². The van der Waals surface area contributed by atoms with Gasteiger partial charge in [0, 0.05) is 31.8 Å². The fourth-order valence-electron chi connectivity index (χ4n) is 2.35. The second kappa shape index (κ2) is 8.84. The fraction of sp³-hybridized carbons (Fsp3) is 0.200. The van der Waals surface area contributed by atoms with E-state index in [4.69, 9.17) is 9.47 Å². The highest BCUT2D eigenvalue weighted by Gasteiger charge is 2.19. The van der Waals surface area contributed by atoms with Crippen LogP contribution < -0.4 is 14.8 Å². The molecule has 0 bridgehead atoms. The van der Waals surface area contributed by atoms with E-state index in [9.17, 15) is 14.0 Å². The molecule has 0 fully saturated rings. The summed E-state index contributed by atoms with van der Waals surface area (Å²) in [5, 5.41) is 2.63. The van der Waals surface area contributed by atoms with Gasteiger partial charge in [0.05, 0.1) is 25.5 Å². The number of benzene rings is 2. The van der Waals surface area contributed by atoms with Crippen molar-refractivity contribution in [1.82, 2.24) is 4.90 Å². The number of hydrogen-bond donors (Lipinski definition) is 1. The summed E-state index contributed by atoms with van der Waals surface area (Å²) < 4.78 is 24.1. The minimum Gasteiger partial charge on any atom is -0.493 e. The number of nitrogens with zero attached hydrogens (tertiary/aromatic N) is 1. The number of carbonyl (C=O) groups is 2. The van der Waals surface area contributed by atoms with E-state index in [1.54, 1.807) is 32.3 Å². The number of methoxy groups -OCH3 is 2. The highest BCUT2D eigenvalue weighted by Crippen LogP contribution is 2.34. The van der Waals surface area contributed by atoms with Crippen molar-refractivity contribution in [2.75, 3.05) is 33.6 Å². The van der Waals surface area contributed by atoms with Crippen molar-refractivity contribution >= 4 is 23.6 Å². The third kappa shape index (κ3) is 4.84. The molecule has 0 aromatic heterocycles. The van der Waals surface area contributed by atoms with Crippen LogP contribution in [0.2, 0.25) is 0 Å². The zero-order valence-corrected chi connectivity index (χ0v) is 15.6. The van der Waals surface area contributed by atoms with Gasteiger partial charge in [-0.25, -0.2) is 4.39 Å². The smallest absolute Gasteiger partial charge is 0.255 e. The molecule has 0 radical (unpaired) electrons. The minimum absolute atomic E-state index is 0.241. The minimum atomic E-state index is -0.515. The quantitative estimate of drug-likeness (QED) is 0.791. The number of halogens is 1. The lowest BCUT2D eigenvalue weighted by atomic mass is 10.1. The molecular formula is C20H21FN2O4. The van der Waals surface area contributed by atoms with Crippen LogP contribution in [0.5, 0.6) is 11.5 Å². The van der Waals surface area contributed by atoms with Crippen LogP contribution in [0.3, 0.4) is 0 Å². The van der Waals surface area contributed by atoms with Crippen LogP contribution >= 0.6 is 0 Å². The lowest BCUT2D eigenvalue weighted by Gasteiger charge is -2.17. The summed E-state index contributed by atoms with van der Waals surface area (Å²) >= 11 is 0. The van der Waals surface area contributed by atoms with Gasteiger partial charge in [0.25, 0.3) is 5.91 Å². The second-order valence-corrected chi connectivity index (χ2v) is 5.80. The monoisotopic (exact) mass is 372 g/mol. The molecule has 0 saturated carbocycles. The molecule has 0 atom stereocenters. The summed E-state index contributed by atoms with van der Waals surface area (Å²) in [4.78, 5) is 26.1. The van der Waals surface area contributed by atoms with Gasteiger partial charge in [-0.05, 0) is 18.2 Å². The number of nitrogens with one attached hydrogen (secondary N) is 1. The first kappa shape index (κ1) is 20.0. The molecule has 0 unspecified atom stereocenters. The summed E-state index contributed by atoms with van der Waals surface area (Å²) in [6.45, 7) is 0. The first-order valence-electron chi connectivity index (χ1n) is 8.08. The Labute approximate surface area is 157 Å². The molecule has 0 spiro atoms. The third-order valence-corrected chi connectivity index (χ3v) is 3.74. The lowest BCUT2D eigenvalue weighted by molar-refractivity contribution is -0.111. The summed E-state index contributed by atoms with van der Waals surface area (Å²) in [7, 11) is 6.11. The van der Waals surface area contributed by atoms with E-state index < -0.39 is 11.7 Å². The van der Waals surface area contributed by atoms with Crippen molar-refractivity contribution in [3.63, 3.8) is 0 Å². The van der Waals surface area contributed by atoms with E-state index in [1.165, 1.54) is 49.5 Å². The summed E-state index contributed by atoms with van der Waals surface area (Å²) in [5.74, 6) is -0.539. The Morgan fingerprint density at radius 3 is 2.30 bits per heavy atom. The molecule has 27 heavy (non-hydrogen) atoms. The van der Waals surface area contributed by atoms with Gasteiger partial charge in [0.1, 0.15) is 5.82 Å². The van der Waals surface area contributed by atoms with Crippen LogP contribution in [0.15, 0.2) is 42.5 Å². The van der Waals surface area contributed by atoms with Crippen LogP contribution in [0, 0.1) is 5.82 Å². The number of ether oxygens (including phenoxy) is 2. The number of amides is 2. The predicted molar refractivity (Wildman–Crippen MR) is 102 cm³/mol. The Balaban J connectivity index is 2.34. The van der Waals surface area contributed by atoms with Gasteiger partial charge in [0.2, 0.25) is 5.91 Å². The van der Waals surface area contributed by atoms with Gasteiger partial charge < -0.3 is 19.7 Å². The highest BCUT2D eigenvalue weighted by molar-refractivity contribution is 6.08. The van der Waals surface area contributed by atoms with Gasteiger partial charge in [0.15, 0.2) is 11.5 Å². The van der Waals surface area contributed by atoms with E-state index in [1.807, 2.05) is 0 Å². The third-order valence-electron chi connectivity index (χ3n) is 3.74. The second-order valence-electron chi connectivity index (χ2n) is 5.80. The van der Waals surface area contributed by atoms with E-state index in [2.05, 4.69) is 5.32 Å². The van der Waals surface area contributed by atoms with Gasteiger partial charge in [-0.2, -0.15) is 0 Å². The molecule has 6 nitrogen and oxygen atoms in total. The standard InChI is InChI=1S/C20H21FN2O4/c1-23(2)20(25)14-11-17(26-3)18(27-4)12-16(14)22-19(24)10-9-13-7-5-6-8-15(13)21/h5-12H,1-4H3,(H,22,24). The maximum absolute atomic E-state index is 13.6. The molecule has 0 aliphatic heterocycles. The topological polar surface area (TPSA) is 67.9 Å². The highest BCUT2D eigenvalue weighted by atomic mass is 19.1.